The molecule has 3 rings (SSSR count). The first kappa shape index (κ1) is 11.7. The van der Waals surface area contributed by atoms with Crippen LogP contribution in [0.4, 0.5) is 5.69 Å². The van der Waals surface area contributed by atoms with Gasteiger partial charge in [-0.05, 0) is 18.1 Å². The van der Waals surface area contributed by atoms with Crippen molar-refractivity contribution in [3.8, 4) is 0 Å². The number of nitrogens with one attached hydrogen (secondary N) is 1. The van der Waals surface area contributed by atoms with E-state index in [9.17, 15) is 4.79 Å². The van der Waals surface area contributed by atoms with Gasteiger partial charge in [0.2, 0.25) is 5.91 Å². The molecular weight excluding hydrogens is 244 g/mol. The van der Waals surface area contributed by atoms with Gasteiger partial charge in [-0.25, -0.2) is 0 Å². The van der Waals surface area contributed by atoms with Crippen LogP contribution in [0.5, 0.6) is 0 Å². The Morgan fingerprint density at radius 3 is 3.17 bits per heavy atom. The van der Waals surface area contributed by atoms with Gasteiger partial charge in [0.25, 0.3) is 0 Å². The number of fused-ring (bicyclic) bond motifs is 1. The van der Waals surface area contributed by atoms with Crippen molar-refractivity contribution in [2.45, 2.75) is 17.8 Å². The van der Waals surface area contributed by atoms with Crippen molar-refractivity contribution in [2.75, 3.05) is 17.6 Å². The Kier molecular flexibility index (Phi) is 2.82. The number of aryl methyl sites for hydroxylation is 1. The number of hydrogen-bond donors (Lipinski definition) is 1. The molecule has 4 heteroatoms. The van der Waals surface area contributed by atoms with E-state index < -0.39 is 0 Å². The highest BCUT2D eigenvalue weighted by molar-refractivity contribution is 8.01. The molecule has 2 heterocycles. The molecule has 1 spiro atoms. The van der Waals surface area contributed by atoms with Gasteiger partial charge in [-0.3, -0.25) is 4.79 Å². The highest BCUT2D eigenvalue weighted by Crippen LogP contribution is 2.44. The summed E-state index contributed by atoms with van der Waals surface area (Å²) in [6, 6.07) is 8.33. The van der Waals surface area contributed by atoms with Crippen LogP contribution in [0.1, 0.15) is 12.0 Å². The van der Waals surface area contributed by atoms with Gasteiger partial charge in [0.05, 0.1) is 5.75 Å². The highest BCUT2D eigenvalue weighted by atomic mass is 32.2. The van der Waals surface area contributed by atoms with Crippen LogP contribution in [0.15, 0.2) is 36.9 Å². The molecule has 1 amide bonds. The van der Waals surface area contributed by atoms with E-state index in [0.717, 1.165) is 18.5 Å². The SMILES string of the molecule is C=CCN1C(=O)CS[C@@]12CCc1ccccc1N2. The van der Waals surface area contributed by atoms with Crippen LogP contribution < -0.4 is 5.32 Å². The number of carbonyl (C=O) groups is 1. The molecule has 1 aromatic rings. The van der Waals surface area contributed by atoms with Gasteiger partial charge in [-0.15, -0.1) is 18.3 Å². The van der Waals surface area contributed by atoms with E-state index in [1.165, 1.54) is 5.56 Å². The van der Waals surface area contributed by atoms with Crippen LogP contribution in [0.3, 0.4) is 0 Å². The molecule has 18 heavy (non-hydrogen) atoms. The third kappa shape index (κ3) is 1.72. The van der Waals surface area contributed by atoms with E-state index in [1.54, 1.807) is 17.8 Å². The zero-order valence-corrected chi connectivity index (χ0v) is 11.0. The minimum absolute atomic E-state index is 0.201. The summed E-state index contributed by atoms with van der Waals surface area (Å²) in [6.45, 7) is 4.36. The zero-order chi connectivity index (χ0) is 12.6. The third-order valence-electron chi connectivity index (χ3n) is 3.56. The van der Waals surface area contributed by atoms with E-state index in [-0.39, 0.29) is 10.9 Å². The molecule has 94 valence electrons. The first-order chi connectivity index (χ1) is 8.75. The Hall–Kier alpha value is -1.42. The van der Waals surface area contributed by atoms with Crippen LogP contribution in [-0.4, -0.2) is 28.1 Å². The topological polar surface area (TPSA) is 32.3 Å². The molecule has 2 aliphatic heterocycles. The Morgan fingerprint density at radius 1 is 1.50 bits per heavy atom. The fraction of sp³-hybridized carbons (Fsp3) is 0.357. The van der Waals surface area contributed by atoms with Crippen molar-refractivity contribution >= 4 is 23.4 Å². The van der Waals surface area contributed by atoms with E-state index >= 15 is 0 Å². The molecule has 0 aliphatic carbocycles. The maximum atomic E-state index is 12.0. The van der Waals surface area contributed by atoms with Gasteiger partial charge >= 0.3 is 0 Å². The first-order valence-electron chi connectivity index (χ1n) is 6.16. The number of nitrogens with zero attached hydrogens (tertiary/aromatic N) is 1. The van der Waals surface area contributed by atoms with Crippen LogP contribution >= 0.6 is 11.8 Å². The summed E-state index contributed by atoms with van der Waals surface area (Å²) < 4.78 is 0. The Bertz CT molecular complexity index is 502. The second kappa shape index (κ2) is 4.35. The second-order valence-corrected chi connectivity index (χ2v) is 5.90. The summed E-state index contributed by atoms with van der Waals surface area (Å²) in [4.78, 5) is 13.6. The number of rotatable bonds is 2. The van der Waals surface area contributed by atoms with Gasteiger partial charge in [0, 0.05) is 18.7 Å². The molecule has 1 fully saturated rings. The lowest BCUT2D eigenvalue weighted by Crippen LogP contribution is -2.52. The summed E-state index contributed by atoms with van der Waals surface area (Å²) in [6.07, 6.45) is 3.76. The first-order valence-corrected chi connectivity index (χ1v) is 7.15. The number of amides is 1. The standard InChI is InChI=1S/C14H16N2OS/c1-2-9-16-13(17)10-18-14(16)8-7-11-5-3-4-6-12(11)15-14/h2-6,15H,1,7-10H2/t14-/m1/s1. The summed E-state index contributed by atoms with van der Waals surface area (Å²) in [5.41, 5.74) is 2.49. The van der Waals surface area contributed by atoms with E-state index in [1.807, 2.05) is 11.0 Å². The Labute approximate surface area is 111 Å². The van der Waals surface area contributed by atoms with Gasteiger partial charge in [0.1, 0.15) is 0 Å². The average Bonchev–Trinajstić information content (AvgIpc) is 2.69. The molecule has 1 aromatic carbocycles. The number of thioether (sulfide) groups is 1. The zero-order valence-electron chi connectivity index (χ0n) is 10.2. The number of benzene rings is 1. The fourth-order valence-electron chi connectivity index (χ4n) is 2.66. The maximum absolute atomic E-state index is 12.0. The maximum Gasteiger partial charge on any atom is 0.235 e. The lowest BCUT2D eigenvalue weighted by molar-refractivity contribution is -0.129. The summed E-state index contributed by atoms with van der Waals surface area (Å²) in [5, 5.41) is 3.56. The minimum atomic E-state index is -0.264. The Balaban J connectivity index is 1.93. The van der Waals surface area contributed by atoms with Gasteiger partial charge < -0.3 is 10.2 Å². The second-order valence-electron chi connectivity index (χ2n) is 4.65. The average molecular weight is 260 g/mol. The van der Waals surface area contributed by atoms with Crippen molar-refractivity contribution in [2.24, 2.45) is 0 Å². The summed E-state index contributed by atoms with van der Waals surface area (Å²) in [5.74, 6) is 0.759. The molecule has 1 N–H and O–H groups in total. The molecule has 0 bridgehead atoms. The molecule has 0 saturated carbocycles. The summed E-state index contributed by atoms with van der Waals surface area (Å²) >= 11 is 1.70. The van der Waals surface area contributed by atoms with Crippen molar-refractivity contribution in [3.63, 3.8) is 0 Å². The van der Waals surface area contributed by atoms with Gasteiger partial charge in [-0.2, -0.15) is 0 Å². The largest absolute Gasteiger partial charge is 0.354 e. The number of hydrogen-bond acceptors (Lipinski definition) is 3. The quantitative estimate of drug-likeness (QED) is 0.829. The minimum Gasteiger partial charge on any atom is -0.354 e. The fourth-order valence-corrected chi connectivity index (χ4v) is 3.94. The lowest BCUT2D eigenvalue weighted by atomic mass is 10.0. The number of para-hydroxylation sites is 1. The smallest absolute Gasteiger partial charge is 0.235 e. The molecule has 0 unspecified atom stereocenters. The lowest BCUT2D eigenvalue weighted by Gasteiger charge is -2.42. The van der Waals surface area contributed by atoms with E-state index in [4.69, 9.17) is 0 Å². The predicted molar refractivity (Wildman–Crippen MR) is 75.5 cm³/mol. The molecular formula is C14H16N2OS. The van der Waals surface area contributed by atoms with Crippen molar-refractivity contribution in [3.05, 3.63) is 42.5 Å². The van der Waals surface area contributed by atoms with Gasteiger partial charge in [0.15, 0.2) is 4.99 Å². The van der Waals surface area contributed by atoms with Gasteiger partial charge in [-0.1, -0.05) is 24.3 Å². The normalized spacial score (nSPS) is 26.0. The monoisotopic (exact) mass is 260 g/mol. The summed E-state index contributed by atoms with van der Waals surface area (Å²) in [7, 11) is 0. The molecule has 2 aliphatic rings. The van der Waals surface area contributed by atoms with Crippen LogP contribution in [0.25, 0.3) is 0 Å². The van der Waals surface area contributed by atoms with E-state index in [2.05, 4.69) is 30.1 Å². The number of carbonyl (C=O) groups excluding carboxylic acids is 1. The molecule has 0 radical (unpaired) electrons. The highest BCUT2D eigenvalue weighted by Gasteiger charge is 2.47. The molecule has 3 nitrogen and oxygen atoms in total. The molecule has 1 saturated heterocycles. The van der Waals surface area contributed by atoms with Crippen molar-refractivity contribution in [1.82, 2.24) is 4.90 Å². The van der Waals surface area contributed by atoms with Crippen molar-refractivity contribution in [1.29, 1.82) is 0 Å². The van der Waals surface area contributed by atoms with Crippen LogP contribution in [0, 0.1) is 0 Å². The molecule has 1 atom stereocenters. The molecule has 0 aromatic heterocycles. The van der Waals surface area contributed by atoms with Crippen LogP contribution in [-0.2, 0) is 11.2 Å². The predicted octanol–water partition coefficient (Wildman–Crippen LogP) is 2.46. The van der Waals surface area contributed by atoms with Crippen LogP contribution in [0.2, 0.25) is 0 Å². The van der Waals surface area contributed by atoms with E-state index in [0.29, 0.717) is 12.3 Å². The van der Waals surface area contributed by atoms with Crippen molar-refractivity contribution < 1.29 is 4.79 Å². The Morgan fingerprint density at radius 2 is 2.33 bits per heavy atom. The number of anilines is 1. The third-order valence-corrected chi connectivity index (χ3v) is 4.96.